The van der Waals surface area contributed by atoms with Gasteiger partial charge in [0, 0.05) is 9.58 Å². The number of anilines is 1. The summed E-state index contributed by atoms with van der Waals surface area (Å²) in [6.45, 7) is 1.51. The normalized spacial score (nSPS) is 13.9. The molecular formula is C20H18N2O4S2. The number of fused-ring (bicyclic) bond motifs is 2. The van der Waals surface area contributed by atoms with Crippen molar-refractivity contribution in [2.24, 2.45) is 5.73 Å². The quantitative estimate of drug-likeness (QED) is 0.622. The molecule has 2 aromatic heterocycles. The fourth-order valence-corrected chi connectivity index (χ4v) is 5.56. The Kier molecular flexibility index (Phi) is 4.91. The first-order valence-electron chi connectivity index (χ1n) is 8.89. The van der Waals surface area contributed by atoms with Crippen molar-refractivity contribution in [1.82, 2.24) is 0 Å². The third-order valence-electron chi connectivity index (χ3n) is 4.68. The summed E-state index contributed by atoms with van der Waals surface area (Å²) < 4.78 is 6.30. The van der Waals surface area contributed by atoms with Crippen molar-refractivity contribution >= 4 is 55.5 Å². The predicted molar refractivity (Wildman–Crippen MR) is 110 cm³/mol. The lowest BCUT2D eigenvalue weighted by atomic mass is 10.1. The molecule has 0 bridgehead atoms. The minimum atomic E-state index is -1.00. The van der Waals surface area contributed by atoms with Crippen molar-refractivity contribution in [3.05, 3.63) is 51.2 Å². The molecule has 3 aromatic rings. The number of amides is 2. The lowest BCUT2D eigenvalue weighted by Gasteiger charge is -2.13. The van der Waals surface area contributed by atoms with E-state index >= 15 is 0 Å². The second-order valence-corrected chi connectivity index (χ2v) is 8.80. The van der Waals surface area contributed by atoms with E-state index in [0.29, 0.717) is 15.4 Å². The van der Waals surface area contributed by atoms with Gasteiger partial charge in [-0.1, -0.05) is 18.2 Å². The van der Waals surface area contributed by atoms with Gasteiger partial charge in [-0.25, -0.2) is 4.79 Å². The van der Waals surface area contributed by atoms with E-state index in [0.717, 1.165) is 39.8 Å². The van der Waals surface area contributed by atoms with Gasteiger partial charge in [-0.2, -0.15) is 0 Å². The Hall–Kier alpha value is -2.71. The first-order chi connectivity index (χ1) is 13.4. The van der Waals surface area contributed by atoms with Gasteiger partial charge in [0.1, 0.15) is 9.88 Å². The zero-order valence-electron chi connectivity index (χ0n) is 15.1. The van der Waals surface area contributed by atoms with Crippen LogP contribution in [0.3, 0.4) is 0 Å². The van der Waals surface area contributed by atoms with E-state index in [1.807, 2.05) is 24.3 Å². The molecule has 0 saturated heterocycles. The second kappa shape index (κ2) is 7.37. The Bertz CT molecular complexity index is 1070. The molecule has 2 amide bonds. The predicted octanol–water partition coefficient (Wildman–Crippen LogP) is 3.73. The number of carbonyl (C=O) groups excluding carboxylic acids is 3. The molecule has 0 aliphatic heterocycles. The highest BCUT2D eigenvalue weighted by molar-refractivity contribution is 7.20. The first-order valence-corrected chi connectivity index (χ1v) is 10.5. The highest BCUT2D eigenvalue weighted by Crippen LogP contribution is 2.39. The summed E-state index contributed by atoms with van der Waals surface area (Å²) in [6, 6.07) is 9.39. The number of nitrogens with one attached hydrogen (secondary N) is 1. The number of benzene rings is 1. The number of thiophene rings is 2. The lowest BCUT2D eigenvalue weighted by Crippen LogP contribution is -2.30. The third-order valence-corrected chi connectivity index (χ3v) is 6.99. The van der Waals surface area contributed by atoms with E-state index in [-0.39, 0.29) is 0 Å². The summed E-state index contributed by atoms with van der Waals surface area (Å²) in [7, 11) is 0. The van der Waals surface area contributed by atoms with Crippen molar-refractivity contribution < 1.29 is 19.1 Å². The van der Waals surface area contributed by atoms with Crippen LogP contribution in [0.4, 0.5) is 5.00 Å². The van der Waals surface area contributed by atoms with Crippen LogP contribution >= 0.6 is 22.7 Å². The van der Waals surface area contributed by atoms with Crippen molar-refractivity contribution in [3.8, 4) is 0 Å². The van der Waals surface area contributed by atoms with Crippen LogP contribution < -0.4 is 11.1 Å². The lowest BCUT2D eigenvalue weighted by molar-refractivity contribution is -0.123. The number of hydrogen-bond acceptors (Lipinski definition) is 6. The number of esters is 1. The molecule has 4 rings (SSSR count). The Morgan fingerprint density at radius 1 is 1.18 bits per heavy atom. The standard InChI is InChI=1S/C20H18N2O4S2/c1-10(26-20(25)15-9-11-5-2-3-7-13(11)27-15)18(24)22-19-16(17(21)23)12-6-4-8-14(12)28-19/h2-3,5,7,9-10H,4,6,8H2,1H3,(H2,21,23)(H,22,24)/t10-/m1/s1. The van der Waals surface area contributed by atoms with Crippen LogP contribution in [0.25, 0.3) is 10.1 Å². The molecule has 1 aliphatic rings. The van der Waals surface area contributed by atoms with Gasteiger partial charge in [-0.05, 0) is 49.3 Å². The van der Waals surface area contributed by atoms with Gasteiger partial charge in [0.25, 0.3) is 11.8 Å². The van der Waals surface area contributed by atoms with E-state index in [4.69, 9.17) is 10.5 Å². The van der Waals surface area contributed by atoms with Crippen LogP contribution in [0.15, 0.2) is 30.3 Å². The van der Waals surface area contributed by atoms with Gasteiger partial charge >= 0.3 is 5.97 Å². The Morgan fingerprint density at radius 2 is 1.96 bits per heavy atom. The highest BCUT2D eigenvalue weighted by Gasteiger charge is 2.28. The third kappa shape index (κ3) is 3.41. The molecular weight excluding hydrogens is 396 g/mol. The molecule has 8 heteroatoms. The minimum absolute atomic E-state index is 0.383. The number of primary amides is 1. The summed E-state index contributed by atoms with van der Waals surface area (Å²) in [5.41, 5.74) is 6.83. The fourth-order valence-electron chi connectivity index (χ4n) is 3.32. The average molecular weight is 415 g/mol. The molecule has 0 spiro atoms. The van der Waals surface area contributed by atoms with Crippen molar-refractivity contribution in [3.63, 3.8) is 0 Å². The summed E-state index contributed by atoms with van der Waals surface area (Å²) >= 11 is 2.69. The molecule has 0 unspecified atom stereocenters. The van der Waals surface area contributed by atoms with E-state index in [9.17, 15) is 14.4 Å². The Labute approximate surface area is 169 Å². The first kappa shape index (κ1) is 18.6. The van der Waals surface area contributed by atoms with E-state index in [1.54, 1.807) is 6.07 Å². The maximum atomic E-state index is 12.5. The molecule has 0 radical (unpaired) electrons. The number of aryl methyl sites for hydroxylation is 1. The van der Waals surface area contributed by atoms with E-state index in [1.165, 1.54) is 29.6 Å². The number of nitrogens with two attached hydrogens (primary N) is 1. The molecule has 1 atom stereocenters. The molecule has 144 valence electrons. The smallest absolute Gasteiger partial charge is 0.349 e. The SMILES string of the molecule is C[C@@H](OC(=O)c1cc2ccccc2s1)C(=O)Nc1sc2c(c1C(N)=O)CCC2. The highest BCUT2D eigenvalue weighted by atomic mass is 32.1. The molecule has 3 N–H and O–H groups in total. The van der Waals surface area contributed by atoms with Crippen LogP contribution in [0, 0.1) is 0 Å². The monoisotopic (exact) mass is 414 g/mol. The number of carbonyl (C=O) groups is 3. The van der Waals surface area contributed by atoms with E-state index < -0.39 is 23.9 Å². The molecule has 1 aromatic carbocycles. The van der Waals surface area contributed by atoms with Crippen LogP contribution in [0.5, 0.6) is 0 Å². The van der Waals surface area contributed by atoms with Crippen molar-refractivity contribution in [1.29, 1.82) is 0 Å². The van der Waals surface area contributed by atoms with Crippen LogP contribution in [-0.4, -0.2) is 23.9 Å². The van der Waals surface area contributed by atoms with E-state index in [2.05, 4.69) is 5.32 Å². The molecule has 6 nitrogen and oxygen atoms in total. The minimum Gasteiger partial charge on any atom is -0.448 e. The fraction of sp³-hybridized carbons (Fsp3) is 0.250. The van der Waals surface area contributed by atoms with Gasteiger partial charge < -0.3 is 15.8 Å². The van der Waals surface area contributed by atoms with Crippen LogP contribution in [0.2, 0.25) is 0 Å². The topological polar surface area (TPSA) is 98.5 Å². The zero-order valence-corrected chi connectivity index (χ0v) is 16.7. The molecule has 1 aliphatic carbocycles. The van der Waals surface area contributed by atoms with Gasteiger partial charge in [0.15, 0.2) is 6.10 Å². The van der Waals surface area contributed by atoms with Gasteiger partial charge in [-0.15, -0.1) is 22.7 Å². The summed E-state index contributed by atoms with van der Waals surface area (Å²) in [6.07, 6.45) is 1.65. The summed E-state index contributed by atoms with van der Waals surface area (Å²) in [5.74, 6) is -1.59. The summed E-state index contributed by atoms with van der Waals surface area (Å²) in [4.78, 5) is 38.3. The van der Waals surface area contributed by atoms with Gasteiger partial charge in [-0.3, -0.25) is 9.59 Å². The largest absolute Gasteiger partial charge is 0.448 e. The van der Waals surface area contributed by atoms with Gasteiger partial charge in [0.05, 0.1) is 5.56 Å². The number of rotatable bonds is 5. The average Bonchev–Trinajstić information content (AvgIpc) is 3.34. The zero-order chi connectivity index (χ0) is 19.8. The molecule has 2 heterocycles. The molecule has 0 saturated carbocycles. The van der Waals surface area contributed by atoms with Crippen molar-refractivity contribution in [2.45, 2.75) is 32.3 Å². The van der Waals surface area contributed by atoms with Crippen LogP contribution in [-0.2, 0) is 22.4 Å². The second-order valence-electron chi connectivity index (χ2n) is 6.61. The maximum absolute atomic E-state index is 12.5. The number of ether oxygens (including phenoxy) is 1. The van der Waals surface area contributed by atoms with Gasteiger partial charge in [0.2, 0.25) is 0 Å². The van der Waals surface area contributed by atoms with Crippen molar-refractivity contribution in [2.75, 3.05) is 5.32 Å². The molecule has 0 fully saturated rings. The summed E-state index contributed by atoms with van der Waals surface area (Å²) in [5, 5.41) is 4.10. The maximum Gasteiger partial charge on any atom is 0.349 e. The Balaban J connectivity index is 1.47. The van der Waals surface area contributed by atoms with Crippen LogP contribution in [0.1, 0.15) is 43.8 Å². The number of hydrogen-bond donors (Lipinski definition) is 2. The molecule has 28 heavy (non-hydrogen) atoms. The Morgan fingerprint density at radius 3 is 2.71 bits per heavy atom.